The number of nitrogens with one attached hydrogen (secondary N) is 1. The van der Waals surface area contributed by atoms with Crippen LogP contribution in [0.15, 0.2) is 24.5 Å². The standard InChI is InChI=1S/C9H6FN3O2/c10-6-4-11-2-1-5(6)7-3-8(9(14)15)13-12-7/h1-4H,(H,12,13)(H,14,15). The molecule has 2 N–H and O–H groups in total. The van der Waals surface area contributed by atoms with Gasteiger partial charge in [0.2, 0.25) is 0 Å². The summed E-state index contributed by atoms with van der Waals surface area (Å²) >= 11 is 0. The van der Waals surface area contributed by atoms with Gasteiger partial charge >= 0.3 is 5.97 Å². The molecule has 0 spiro atoms. The van der Waals surface area contributed by atoms with Crippen LogP contribution in [0.4, 0.5) is 4.39 Å². The number of carbonyl (C=O) groups is 1. The molecule has 2 heterocycles. The van der Waals surface area contributed by atoms with Crippen molar-refractivity contribution in [2.45, 2.75) is 0 Å². The first-order valence-corrected chi connectivity index (χ1v) is 4.07. The number of carboxylic acid groups (broad SMARTS) is 1. The van der Waals surface area contributed by atoms with E-state index in [4.69, 9.17) is 5.11 Å². The van der Waals surface area contributed by atoms with Gasteiger partial charge in [-0.1, -0.05) is 0 Å². The molecule has 0 bridgehead atoms. The van der Waals surface area contributed by atoms with Crippen LogP contribution in [-0.2, 0) is 0 Å². The van der Waals surface area contributed by atoms with Crippen molar-refractivity contribution in [1.29, 1.82) is 0 Å². The lowest BCUT2D eigenvalue weighted by atomic mass is 10.2. The fourth-order valence-corrected chi connectivity index (χ4v) is 1.16. The van der Waals surface area contributed by atoms with Crippen molar-refractivity contribution in [2.75, 3.05) is 0 Å². The molecular formula is C9H6FN3O2. The minimum atomic E-state index is -1.16. The fourth-order valence-electron chi connectivity index (χ4n) is 1.16. The average Bonchev–Trinajstić information content (AvgIpc) is 2.67. The van der Waals surface area contributed by atoms with Gasteiger partial charge in [-0.25, -0.2) is 9.18 Å². The second kappa shape index (κ2) is 3.49. The number of H-pyrrole nitrogens is 1. The van der Waals surface area contributed by atoms with Crippen LogP contribution in [0.25, 0.3) is 11.3 Å². The number of hydrogen-bond acceptors (Lipinski definition) is 3. The summed E-state index contributed by atoms with van der Waals surface area (Å²) < 4.78 is 13.2. The lowest BCUT2D eigenvalue weighted by Gasteiger charge is -1.96. The van der Waals surface area contributed by atoms with Gasteiger partial charge in [0.25, 0.3) is 0 Å². The molecule has 15 heavy (non-hydrogen) atoms. The number of pyridine rings is 1. The number of aromatic carboxylic acids is 1. The summed E-state index contributed by atoms with van der Waals surface area (Å²) in [5.74, 6) is -1.69. The largest absolute Gasteiger partial charge is 0.476 e. The van der Waals surface area contributed by atoms with E-state index in [2.05, 4.69) is 15.2 Å². The van der Waals surface area contributed by atoms with Crippen LogP contribution in [0.3, 0.4) is 0 Å². The number of aromatic nitrogens is 3. The lowest BCUT2D eigenvalue weighted by molar-refractivity contribution is 0.0690. The van der Waals surface area contributed by atoms with E-state index in [0.717, 1.165) is 6.20 Å². The molecule has 0 fully saturated rings. The Kier molecular flexibility index (Phi) is 2.17. The predicted molar refractivity (Wildman–Crippen MR) is 48.7 cm³/mol. The molecule has 2 aromatic heterocycles. The Balaban J connectivity index is 2.46. The Morgan fingerprint density at radius 2 is 2.33 bits per heavy atom. The van der Waals surface area contributed by atoms with Crippen molar-refractivity contribution in [2.24, 2.45) is 0 Å². The number of halogens is 1. The molecule has 2 aromatic rings. The molecule has 0 aromatic carbocycles. The van der Waals surface area contributed by atoms with Crippen molar-refractivity contribution in [3.05, 3.63) is 36.0 Å². The zero-order valence-corrected chi connectivity index (χ0v) is 7.44. The maximum Gasteiger partial charge on any atom is 0.356 e. The summed E-state index contributed by atoms with van der Waals surface area (Å²) in [4.78, 5) is 14.1. The molecule has 0 radical (unpaired) electrons. The van der Waals surface area contributed by atoms with E-state index >= 15 is 0 Å². The topological polar surface area (TPSA) is 78.9 Å². The lowest BCUT2D eigenvalue weighted by Crippen LogP contribution is -1.95. The minimum Gasteiger partial charge on any atom is -0.476 e. The van der Waals surface area contributed by atoms with Crippen molar-refractivity contribution < 1.29 is 14.3 Å². The van der Waals surface area contributed by atoms with Crippen molar-refractivity contribution in [1.82, 2.24) is 15.2 Å². The van der Waals surface area contributed by atoms with Crippen LogP contribution in [0.1, 0.15) is 10.5 Å². The number of aromatic amines is 1. The molecule has 5 nitrogen and oxygen atoms in total. The Morgan fingerprint density at radius 3 is 2.93 bits per heavy atom. The quantitative estimate of drug-likeness (QED) is 0.778. The maximum atomic E-state index is 13.2. The molecule has 0 aliphatic rings. The molecule has 6 heteroatoms. The van der Waals surface area contributed by atoms with Gasteiger partial charge in [-0.05, 0) is 12.1 Å². The highest BCUT2D eigenvalue weighted by Gasteiger charge is 2.11. The van der Waals surface area contributed by atoms with E-state index in [1.165, 1.54) is 18.3 Å². The first-order valence-electron chi connectivity index (χ1n) is 4.07. The summed E-state index contributed by atoms with van der Waals surface area (Å²) in [5, 5.41) is 14.6. The highest BCUT2D eigenvalue weighted by atomic mass is 19.1. The Hall–Kier alpha value is -2.24. The van der Waals surface area contributed by atoms with Crippen LogP contribution >= 0.6 is 0 Å². The molecule has 0 saturated carbocycles. The van der Waals surface area contributed by atoms with Crippen LogP contribution in [-0.4, -0.2) is 26.3 Å². The van der Waals surface area contributed by atoms with Gasteiger partial charge in [0.1, 0.15) is 0 Å². The molecule has 0 aliphatic heterocycles. The van der Waals surface area contributed by atoms with Crippen LogP contribution < -0.4 is 0 Å². The molecule has 0 saturated heterocycles. The summed E-state index contributed by atoms with van der Waals surface area (Å²) in [7, 11) is 0. The Morgan fingerprint density at radius 1 is 1.53 bits per heavy atom. The second-order valence-corrected chi connectivity index (χ2v) is 2.83. The highest BCUT2D eigenvalue weighted by molar-refractivity contribution is 5.86. The van der Waals surface area contributed by atoms with Gasteiger partial charge in [0.15, 0.2) is 11.5 Å². The third kappa shape index (κ3) is 1.69. The van der Waals surface area contributed by atoms with E-state index in [1.54, 1.807) is 0 Å². The van der Waals surface area contributed by atoms with E-state index in [0.29, 0.717) is 5.69 Å². The fraction of sp³-hybridized carbons (Fsp3) is 0. The smallest absolute Gasteiger partial charge is 0.356 e. The van der Waals surface area contributed by atoms with Gasteiger partial charge in [0.05, 0.1) is 11.9 Å². The monoisotopic (exact) mass is 207 g/mol. The van der Waals surface area contributed by atoms with Crippen molar-refractivity contribution in [3.63, 3.8) is 0 Å². The second-order valence-electron chi connectivity index (χ2n) is 2.83. The van der Waals surface area contributed by atoms with Crippen LogP contribution in [0.5, 0.6) is 0 Å². The van der Waals surface area contributed by atoms with E-state index in [9.17, 15) is 9.18 Å². The van der Waals surface area contributed by atoms with Crippen molar-refractivity contribution >= 4 is 5.97 Å². The van der Waals surface area contributed by atoms with Crippen LogP contribution in [0.2, 0.25) is 0 Å². The Bertz CT molecular complexity index is 510. The number of carboxylic acids is 1. The zero-order valence-electron chi connectivity index (χ0n) is 7.44. The van der Waals surface area contributed by atoms with Crippen molar-refractivity contribution in [3.8, 4) is 11.3 Å². The normalized spacial score (nSPS) is 10.2. The molecule has 76 valence electrons. The summed E-state index contributed by atoms with van der Waals surface area (Å²) in [5.41, 5.74) is 0.401. The van der Waals surface area contributed by atoms with Gasteiger partial charge in [-0.2, -0.15) is 5.10 Å². The van der Waals surface area contributed by atoms with Gasteiger partial charge in [-0.3, -0.25) is 10.1 Å². The molecule has 0 atom stereocenters. The highest BCUT2D eigenvalue weighted by Crippen LogP contribution is 2.19. The maximum absolute atomic E-state index is 13.2. The minimum absolute atomic E-state index is 0.152. The third-order valence-corrected chi connectivity index (χ3v) is 1.86. The summed E-state index contributed by atoms with van der Waals surface area (Å²) in [6, 6.07) is 2.70. The SMILES string of the molecule is O=C(O)c1cc(-c2ccncc2F)[nH]n1. The molecule has 2 rings (SSSR count). The summed E-state index contributed by atoms with van der Waals surface area (Å²) in [6.07, 6.45) is 2.47. The van der Waals surface area contributed by atoms with E-state index in [1.807, 2.05) is 0 Å². The number of hydrogen-bond donors (Lipinski definition) is 2. The molecule has 0 amide bonds. The van der Waals surface area contributed by atoms with Gasteiger partial charge in [-0.15, -0.1) is 0 Å². The molecule has 0 unspecified atom stereocenters. The van der Waals surface area contributed by atoms with Gasteiger partial charge < -0.3 is 5.11 Å². The number of nitrogens with zero attached hydrogens (tertiary/aromatic N) is 2. The molecular weight excluding hydrogens is 201 g/mol. The van der Waals surface area contributed by atoms with Gasteiger partial charge in [0, 0.05) is 11.8 Å². The molecule has 0 aliphatic carbocycles. The van der Waals surface area contributed by atoms with E-state index in [-0.39, 0.29) is 11.3 Å². The third-order valence-electron chi connectivity index (χ3n) is 1.86. The number of rotatable bonds is 2. The zero-order chi connectivity index (χ0) is 10.8. The van der Waals surface area contributed by atoms with Crippen LogP contribution in [0, 0.1) is 5.82 Å². The first kappa shape index (κ1) is 9.32. The summed E-state index contributed by atoms with van der Waals surface area (Å²) in [6.45, 7) is 0. The van der Waals surface area contributed by atoms with E-state index < -0.39 is 11.8 Å². The first-order chi connectivity index (χ1) is 7.18. The predicted octanol–water partition coefficient (Wildman–Crippen LogP) is 1.31. The average molecular weight is 207 g/mol. The Labute approximate surface area is 83.6 Å².